The first-order valence-corrected chi connectivity index (χ1v) is 7.74. The molecular weight excluding hydrogens is 312 g/mol. The van der Waals surface area contributed by atoms with Crippen LogP contribution in [0.15, 0.2) is 48.5 Å². The Morgan fingerprint density at radius 2 is 1.87 bits per heavy atom. The second kappa shape index (κ2) is 7.79. The highest BCUT2D eigenvalue weighted by Crippen LogP contribution is 2.16. The first-order chi connectivity index (χ1) is 11.0. The standard InChI is InChI=1S/C18H19ClN2O2/c1-12-6-3-4-9-16(12)13(2)21-17(22)11-20-18(23)14-7-5-8-15(19)10-14/h3-10,13H,11H2,1-2H3,(H,20,23)(H,21,22). The first kappa shape index (κ1) is 17.0. The van der Waals surface area contributed by atoms with Crippen LogP contribution in [0.2, 0.25) is 5.02 Å². The fraction of sp³-hybridized carbons (Fsp3) is 0.222. The van der Waals surface area contributed by atoms with E-state index in [1.165, 1.54) is 0 Å². The topological polar surface area (TPSA) is 58.2 Å². The Morgan fingerprint density at radius 1 is 1.13 bits per heavy atom. The number of carbonyl (C=O) groups excluding carboxylic acids is 2. The predicted molar refractivity (Wildman–Crippen MR) is 91.5 cm³/mol. The maximum atomic E-state index is 12.0. The van der Waals surface area contributed by atoms with E-state index in [4.69, 9.17) is 11.6 Å². The van der Waals surface area contributed by atoms with Crippen molar-refractivity contribution < 1.29 is 9.59 Å². The maximum Gasteiger partial charge on any atom is 0.251 e. The van der Waals surface area contributed by atoms with Crippen LogP contribution < -0.4 is 10.6 Å². The molecule has 0 aliphatic carbocycles. The summed E-state index contributed by atoms with van der Waals surface area (Å²) in [4.78, 5) is 24.0. The van der Waals surface area contributed by atoms with E-state index >= 15 is 0 Å². The lowest BCUT2D eigenvalue weighted by Crippen LogP contribution is -2.38. The molecule has 2 N–H and O–H groups in total. The number of nitrogens with one attached hydrogen (secondary N) is 2. The highest BCUT2D eigenvalue weighted by atomic mass is 35.5. The largest absolute Gasteiger partial charge is 0.348 e. The van der Waals surface area contributed by atoms with Gasteiger partial charge in [-0.25, -0.2) is 0 Å². The van der Waals surface area contributed by atoms with E-state index in [1.54, 1.807) is 24.3 Å². The molecule has 0 spiro atoms. The number of halogens is 1. The molecule has 2 aromatic carbocycles. The molecule has 2 aromatic rings. The van der Waals surface area contributed by atoms with Crippen LogP contribution in [0.3, 0.4) is 0 Å². The second-order valence-electron chi connectivity index (χ2n) is 5.34. The van der Waals surface area contributed by atoms with Gasteiger partial charge in [-0.15, -0.1) is 0 Å². The number of aryl methyl sites for hydroxylation is 1. The van der Waals surface area contributed by atoms with Gasteiger partial charge in [0.05, 0.1) is 12.6 Å². The molecule has 120 valence electrons. The van der Waals surface area contributed by atoms with Gasteiger partial charge in [-0.2, -0.15) is 0 Å². The minimum Gasteiger partial charge on any atom is -0.348 e. The minimum absolute atomic E-state index is 0.0818. The van der Waals surface area contributed by atoms with Gasteiger partial charge in [0.1, 0.15) is 0 Å². The van der Waals surface area contributed by atoms with Crippen molar-refractivity contribution in [2.75, 3.05) is 6.54 Å². The summed E-state index contributed by atoms with van der Waals surface area (Å²) >= 11 is 5.84. The number of benzene rings is 2. The van der Waals surface area contributed by atoms with Crippen LogP contribution in [-0.2, 0) is 4.79 Å². The molecule has 4 nitrogen and oxygen atoms in total. The van der Waals surface area contributed by atoms with Crippen molar-refractivity contribution in [2.24, 2.45) is 0 Å². The Balaban J connectivity index is 1.88. The summed E-state index contributed by atoms with van der Waals surface area (Å²) in [5.41, 5.74) is 2.60. The molecule has 0 aliphatic rings. The lowest BCUT2D eigenvalue weighted by molar-refractivity contribution is -0.120. The average Bonchev–Trinajstić information content (AvgIpc) is 2.53. The van der Waals surface area contributed by atoms with E-state index in [1.807, 2.05) is 38.1 Å². The molecule has 5 heteroatoms. The maximum absolute atomic E-state index is 12.0. The molecule has 0 aromatic heterocycles. The van der Waals surface area contributed by atoms with Gasteiger partial charge < -0.3 is 10.6 Å². The molecule has 0 bridgehead atoms. The van der Waals surface area contributed by atoms with Crippen LogP contribution in [0.5, 0.6) is 0 Å². The molecule has 0 heterocycles. The summed E-state index contributed by atoms with van der Waals surface area (Å²) in [7, 11) is 0. The Hall–Kier alpha value is -2.33. The van der Waals surface area contributed by atoms with Crippen LogP contribution in [0.25, 0.3) is 0 Å². The molecule has 0 saturated heterocycles. The van der Waals surface area contributed by atoms with Crippen molar-refractivity contribution in [1.29, 1.82) is 0 Å². The van der Waals surface area contributed by atoms with E-state index in [0.717, 1.165) is 11.1 Å². The summed E-state index contributed by atoms with van der Waals surface area (Å²) in [6.45, 7) is 3.83. The summed E-state index contributed by atoms with van der Waals surface area (Å²) in [6, 6.07) is 14.3. The fourth-order valence-corrected chi connectivity index (χ4v) is 2.53. The van der Waals surface area contributed by atoms with Crippen molar-refractivity contribution in [3.8, 4) is 0 Å². The third-order valence-corrected chi connectivity index (χ3v) is 3.76. The smallest absolute Gasteiger partial charge is 0.251 e. The Morgan fingerprint density at radius 3 is 2.57 bits per heavy atom. The van der Waals surface area contributed by atoms with E-state index in [-0.39, 0.29) is 24.4 Å². The Kier molecular flexibility index (Phi) is 5.77. The minimum atomic E-state index is -0.328. The molecule has 2 rings (SSSR count). The van der Waals surface area contributed by atoms with Crippen molar-refractivity contribution in [3.05, 3.63) is 70.2 Å². The number of amides is 2. The SMILES string of the molecule is Cc1ccccc1C(C)NC(=O)CNC(=O)c1cccc(Cl)c1. The number of rotatable bonds is 5. The van der Waals surface area contributed by atoms with Gasteiger partial charge in [0.15, 0.2) is 0 Å². The monoisotopic (exact) mass is 330 g/mol. The highest BCUT2D eigenvalue weighted by molar-refractivity contribution is 6.30. The summed E-state index contributed by atoms with van der Waals surface area (Å²) in [5, 5.41) is 5.94. The summed E-state index contributed by atoms with van der Waals surface area (Å²) < 4.78 is 0. The summed E-state index contributed by atoms with van der Waals surface area (Å²) in [6.07, 6.45) is 0. The average molecular weight is 331 g/mol. The lowest BCUT2D eigenvalue weighted by atomic mass is 10.0. The summed E-state index contributed by atoms with van der Waals surface area (Å²) in [5.74, 6) is -0.567. The molecular formula is C18H19ClN2O2. The van der Waals surface area contributed by atoms with Gasteiger partial charge in [-0.1, -0.05) is 41.9 Å². The van der Waals surface area contributed by atoms with E-state index in [0.29, 0.717) is 10.6 Å². The van der Waals surface area contributed by atoms with Crippen molar-refractivity contribution in [3.63, 3.8) is 0 Å². The van der Waals surface area contributed by atoms with Crippen LogP contribution in [-0.4, -0.2) is 18.4 Å². The van der Waals surface area contributed by atoms with E-state index < -0.39 is 0 Å². The van der Waals surface area contributed by atoms with Gasteiger partial charge in [0, 0.05) is 10.6 Å². The number of hydrogen-bond acceptors (Lipinski definition) is 2. The highest BCUT2D eigenvalue weighted by Gasteiger charge is 2.13. The van der Waals surface area contributed by atoms with Crippen molar-refractivity contribution in [1.82, 2.24) is 10.6 Å². The van der Waals surface area contributed by atoms with Gasteiger partial charge >= 0.3 is 0 Å². The van der Waals surface area contributed by atoms with Crippen LogP contribution in [0.4, 0.5) is 0 Å². The van der Waals surface area contributed by atoms with Gasteiger partial charge in [0.25, 0.3) is 5.91 Å². The molecule has 2 amide bonds. The predicted octanol–water partition coefficient (Wildman–Crippen LogP) is 3.26. The van der Waals surface area contributed by atoms with Gasteiger partial charge in [-0.3, -0.25) is 9.59 Å². The normalized spacial score (nSPS) is 11.6. The zero-order chi connectivity index (χ0) is 16.8. The van der Waals surface area contributed by atoms with Gasteiger partial charge in [-0.05, 0) is 43.2 Å². The molecule has 0 radical (unpaired) electrons. The van der Waals surface area contributed by atoms with E-state index in [2.05, 4.69) is 10.6 Å². The molecule has 0 fully saturated rings. The van der Waals surface area contributed by atoms with Crippen LogP contribution in [0, 0.1) is 6.92 Å². The molecule has 0 saturated carbocycles. The Labute approximate surface area is 140 Å². The third kappa shape index (κ3) is 4.83. The van der Waals surface area contributed by atoms with Gasteiger partial charge in [0.2, 0.25) is 5.91 Å². The third-order valence-electron chi connectivity index (χ3n) is 3.53. The molecule has 1 atom stereocenters. The molecule has 23 heavy (non-hydrogen) atoms. The van der Waals surface area contributed by atoms with Crippen molar-refractivity contribution >= 4 is 23.4 Å². The fourth-order valence-electron chi connectivity index (χ4n) is 2.34. The number of carbonyl (C=O) groups is 2. The zero-order valence-electron chi connectivity index (χ0n) is 13.1. The quantitative estimate of drug-likeness (QED) is 0.884. The van der Waals surface area contributed by atoms with E-state index in [9.17, 15) is 9.59 Å². The number of hydrogen-bond donors (Lipinski definition) is 2. The Bertz CT molecular complexity index is 716. The molecule has 0 aliphatic heterocycles. The first-order valence-electron chi connectivity index (χ1n) is 7.36. The lowest BCUT2D eigenvalue weighted by Gasteiger charge is -2.16. The van der Waals surface area contributed by atoms with Crippen molar-refractivity contribution in [2.45, 2.75) is 19.9 Å². The zero-order valence-corrected chi connectivity index (χ0v) is 13.9. The van der Waals surface area contributed by atoms with Crippen LogP contribution in [0.1, 0.15) is 34.5 Å². The molecule has 1 unspecified atom stereocenters. The van der Waals surface area contributed by atoms with Crippen LogP contribution >= 0.6 is 11.6 Å². The second-order valence-corrected chi connectivity index (χ2v) is 5.78.